The number of rotatable bonds is 6. The first-order valence-electron chi connectivity index (χ1n) is 7.50. The minimum atomic E-state index is 0.0874. The first-order chi connectivity index (χ1) is 9.96. The Labute approximate surface area is 133 Å². The number of halogens is 1. The van der Waals surface area contributed by atoms with Gasteiger partial charge in [0.2, 0.25) is 0 Å². The van der Waals surface area contributed by atoms with Gasteiger partial charge in [-0.15, -0.1) is 0 Å². The van der Waals surface area contributed by atoms with Gasteiger partial charge in [-0.05, 0) is 56.4 Å². The molecule has 0 spiro atoms. The van der Waals surface area contributed by atoms with Crippen LogP contribution in [0.5, 0.6) is 0 Å². The molecule has 1 N–H and O–H groups in total. The molecule has 112 valence electrons. The zero-order valence-corrected chi connectivity index (χ0v) is 13.9. The van der Waals surface area contributed by atoms with Gasteiger partial charge in [0.1, 0.15) is 0 Å². The average molecular weight is 302 g/mol. The van der Waals surface area contributed by atoms with Gasteiger partial charge in [-0.1, -0.05) is 54.1 Å². The number of nitrogens with one attached hydrogen (secondary N) is 1. The lowest BCUT2D eigenvalue weighted by atomic mass is 9.95. The second-order valence-electron chi connectivity index (χ2n) is 6.32. The fraction of sp³-hybridized carbons (Fsp3) is 0.368. The van der Waals surface area contributed by atoms with E-state index >= 15 is 0 Å². The minimum absolute atomic E-state index is 0.0874. The SMILES string of the molecule is Cc1ccc(CNC(C)(C)CCc2ccccc2)c(Cl)c1. The summed E-state index contributed by atoms with van der Waals surface area (Å²) >= 11 is 6.29. The maximum Gasteiger partial charge on any atom is 0.0453 e. The minimum Gasteiger partial charge on any atom is -0.308 e. The van der Waals surface area contributed by atoms with Crippen LogP contribution < -0.4 is 5.32 Å². The van der Waals surface area contributed by atoms with Crippen molar-refractivity contribution in [2.24, 2.45) is 0 Å². The van der Waals surface area contributed by atoms with E-state index in [0.717, 1.165) is 30.0 Å². The van der Waals surface area contributed by atoms with E-state index in [1.165, 1.54) is 11.1 Å². The molecule has 0 amide bonds. The van der Waals surface area contributed by atoms with Crippen LogP contribution in [0, 0.1) is 6.92 Å². The molecule has 2 aromatic carbocycles. The summed E-state index contributed by atoms with van der Waals surface area (Å²) in [6, 6.07) is 16.9. The van der Waals surface area contributed by atoms with E-state index in [2.05, 4.69) is 68.6 Å². The fourth-order valence-corrected chi connectivity index (χ4v) is 2.62. The highest BCUT2D eigenvalue weighted by atomic mass is 35.5. The van der Waals surface area contributed by atoms with Crippen molar-refractivity contribution in [1.82, 2.24) is 5.32 Å². The van der Waals surface area contributed by atoms with Gasteiger partial charge in [-0.25, -0.2) is 0 Å². The predicted octanol–water partition coefficient (Wildman–Crippen LogP) is 5.15. The molecular formula is C19H24ClN. The van der Waals surface area contributed by atoms with Crippen molar-refractivity contribution >= 4 is 11.6 Å². The molecule has 2 heteroatoms. The Kier molecular flexibility index (Phi) is 5.44. The number of hydrogen-bond acceptors (Lipinski definition) is 1. The molecule has 0 radical (unpaired) electrons. The monoisotopic (exact) mass is 301 g/mol. The lowest BCUT2D eigenvalue weighted by Gasteiger charge is -2.27. The van der Waals surface area contributed by atoms with Crippen LogP contribution in [0.3, 0.4) is 0 Å². The Hall–Kier alpha value is -1.31. The summed E-state index contributed by atoms with van der Waals surface area (Å²) in [4.78, 5) is 0. The molecule has 0 aliphatic rings. The van der Waals surface area contributed by atoms with Crippen molar-refractivity contribution in [3.8, 4) is 0 Å². The fourth-order valence-electron chi connectivity index (χ4n) is 2.32. The predicted molar refractivity (Wildman–Crippen MR) is 91.9 cm³/mol. The zero-order valence-electron chi connectivity index (χ0n) is 13.1. The van der Waals surface area contributed by atoms with Crippen LogP contribution in [-0.4, -0.2) is 5.54 Å². The van der Waals surface area contributed by atoms with Crippen molar-refractivity contribution < 1.29 is 0 Å². The van der Waals surface area contributed by atoms with Crippen LogP contribution in [0.2, 0.25) is 5.02 Å². The van der Waals surface area contributed by atoms with E-state index in [0.29, 0.717) is 0 Å². The summed E-state index contributed by atoms with van der Waals surface area (Å²) in [6.45, 7) is 7.36. The molecule has 0 saturated carbocycles. The first kappa shape index (κ1) is 16.1. The summed E-state index contributed by atoms with van der Waals surface area (Å²) < 4.78 is 0. The third-order valence-electron chi connectivity index (χ3n) is 3.85. The number of aryl methyl sites for hydroxylation is 2. The Balaban J connectivity index is 1.88. The molecule has 0 saturated heterocycles. The van der Waals surface area contributed by atoms with Gasteiger partial charge in [0.15, 0.2) is 0 Å². The summed E-state index contributed by atoms with van der Waals surface area (Å²) in [6.07, 6.45) is 2.18. The topological polar surface area (TPSA) is 12.0 Å². The number of benzene rings is 2. The molecule has 0 atom stereocenters. The maximum absolute atomic E-state index is 6.29. The van der Waals surface area contributed by atoms with E-state index in [4.69, 9.17) is 11.6 Å². The van der Waals surface area contributed by atoms with Crippen molar-refractivity contribution in [2.45, 2.75) is 45.7 Å². The van der Waals surface area contributed by atoms with E-state index in [1.807, 2.05) is 6.07 Å². The van der Waals surface area contributed by atoms with Crippen LogP contribution in [0.25, 0.3) is 0 Å². The highest BCUT2D eigenvalue weighted by molar-refractivity contribution is 6.31. The summed E-state index contributed by atoms with van der Waals surface area (Å²) in [5.74, 6) is 0. The molecule has 0 unspecified atom stereocenters. The van der Waals surface area contributed by atoms with Crippen molar-refractivity contribution in [3.05, 3.63) is 70.2 Å². The molecule has 2 rings (SSSR count). The molecule has 1 nitrogen and oxygen atoms in total. The van der Waals surface area contributed by atoms with Gasteiger partial charge in [0, 0.05) is 17.1 Å². The molecule has 0 aromatic heterocycles. The standard InChI is InChI=1S/C19H24ClN/c1-15-9-10-17(18(20)13-15)14-21-19(2,3)12-11-16-7-5-4-6-8-16/h4-10,13,21H,11-12,14H2,1-3H3. The Morgan fingerprint density at radius 3 is 2.43 bits per heavy atom. The second kappa shape index (κ2) is 7.11. The summed E-state index contributed by atoms with van der Waals surface area (Å²) in [5, 5.41) is 4.47. The van der Waals surface area contributed by atoms with Crippen molar-refractivity contribution in [2.75, 3.05) is 0 Å². The van der Waals surface area contributed by atoms with E-state index in [9.17, 15) is 0 Å². The van der Waals surface area contributed by atoms with Crippen LogP contribution in [0.4, 0.5) is 0 Å². The van der Waals surface area contributed by atoms with E-state index in [-0.39, 0.29) is 5.54 Å². The maximum atomic E-state index is 6.29. The normalized spacial score (nSPS) is 11.6. The Bertz CT molecular complexity index is 575. The van der Waals surface area contributed by atoms with Crippen LogP contribution >= 0.6 is 11.6 Å². The molecule has 0 aliphatic heterocycles. The molecular weight excluding hydrogens is 278 g/mol. The molecule has 0 fully saturated rings. The molecule has 2 aromatic rings. The lowest BCUT2D eigenvalue weighted by Crippen LogP contribution is -2.39. The van der Waals surface area contributed by atoms with Gasteiger partial charge >= 0.3 is 0 Å². The largest absolute Gasteiger partial charge is 0.308 e. The first-order valence-corrected chi connectivity index (χ1v) is 7.88. The van der Waals surface area contributed by atoms with Gasteiger partial charge in [0.05, 0.1) is 0 Å². The van der Waals surface area contributed by atoms with Gasteiger partial charge in [-0.2, -0.15) is 0 Å². The third-order valence-corrected chi connectivity index (χ3v) is 4.20. The van der Waals surface area contributed by atoms with E-state index in [1.54, 1.807) is 0 Å². The van der Waals surface area contributed by atoms with Gasteiger partial charge in [-0.3, -0.25) is 0 Å². The highest BCUT2D eigenvalue weighted by Gasteiger charge is 2.17. The molecule has 0 heterocycles. The van der Waals surface area contributed by atoms with Crippen LogP contribution in [0.1, 0.15) is 37.0 Å². The Morgan fingerprint density at radius 2 is 1.76 bits per heavy atom. The number of hydrogen-bond donors (Lipinski definition) is 1. The molecule has 0 aliphatic carbocycles. The highest BCUT2D eigenvalue weighted by Crippen LogP contribution is 2.20. The average Bonchev–Trinajstić information content (AvgIpc) is 2.45. The van der Waals surface area contributed by atoms with Gasteiger partial charge < -0.3 is 5.32 Å². The van der Waals surface area contributed by atoms with Crippen molar-refractivity contribution in [1.29, 1.82) is 0 Å². The third kappa shape index (κ3) is 5.18. The van der Waals surface area contributed by atoms with Crippen LogP contribution in [0.15, 0.2) is 48.5 Å². The quantitative estimate of drug-likeness (QED) is 0.778. The lowest BCUT2D eigenvalue weighted by molar-refractivity contribution is 0.360. The summed E-state index contributed by atoms with van der Waals surface area (Å²) in [5.41, 5.74) is 3.84. The molecule has 0 bridgehead atoms. The summed E-state index contributed by atoms with van der Waals surface area (Å²) in [7, 11) is 0. The van der Waals surface area contributed by atoms with Crippen LogP contribution in [-0.2, 0) is 13.0 Å². The smallest absolute Gasteiger partial charge is 0.0453 e. The zero-order chi connectivity index (χ0) is 15.3. The van der Waals surface area contributed by atoms with Gasteiger partial charge in [0.25, 0.3) is 0 Å². The van der Waals surface area contributed by atoms with E-state index < -0.39 is 0 Å². The molecule has 21 heavy (non-hydrogen) atoms. The second-order valence-corrected chi connectivity index (χ2v) is 6.73. The van der Waals surface area contributed by atoms with Crippen molar-refractivity contribution in [3.63, 3.8) is 0 Å². The Morgan fingerprint density at radius 1 is 1.05 bits per heavy atom.